The summed E-state index contributed by atoms with van der Waals surface area (Å²) in [6.07, 6.45) is 0.899. The number of hydrogen-bond donors (Lipinski definition) is 2. The molecule has 4 N–H and O–H groups in total. The summed E-state index contributed by atoms with van der Waals surface area (Å²) in [7, 11) is 0. The molecule has 0 saturated heterocycles. The average Bonchev–Trinajstić information content (AvgIpc) is 2.36. The van der Waals surface area contributed by atoms with E-state index < -0.39 is 0 Å². The maximum Gasteiger partial charge on any atom is 0.191 e. The SMILES string of the molecule is Cc1cc(C)cc(OCCCSc2nc(N)cc(N)n2)c1. The molecule has 0 aliphatic heterocycles. The number of nitrogen functional groups attached to an aromatic ring is 2. The van der Waals surface area contributed by atoms with Crippen molar-refractivity contribution in [2.24, 2.45) is 0 Å². The summed E-state index contributed by atoms with van der Waals surface area (Å²) in [5.74, 6) is 2.57. The average molecular weight is 304 g/mol. The van der Waals surface area contributed by atoms with Gasteiger partial charge >= 0.3 is 0 Å². The van der Waals surface area contributed by atoms with Gasteiger partial charge in [0.1, 0.15) is 17.4 Å². The van der Waals surface area contributed by atoms with Crippen molar-refractivity contribution in [2.75, 3.05) is 23.8 Å². The third-order valence-corrected chi connectivity index (χ3v) is 3.66. The van der Waals surface area contributed by atoms with Crippen molar-refractivity contribution >= 4 is 23.4 Å². The molecular formula is C15H20N4OS. The van der Waals surface area contributed by atoms with Crippen molar-refractivity contribution in [3.8, 4) is 5.75 Å². The first-order chi connectivity index (χ1) is 10.0. The Labute approximate surface area is 129 Å². The molecular weight excluding hydrogens is 284 g/mol. The number of benzene rings is 1. The standard InChI is InChI=1S/C15H20N4OS/c1-10-6-11(2)8-12(7-10)20-4-3-5-21-15-18-13(16)9-14(17)19-15/h6-9H,3-5H2,1-2H3,(H4,16,17,18,19). The lowest BCUT2D eigenvalue weighted by atomic mass is 10.1. The van der Waals surface area contributed by atoms with Crippen LogP contribution in [0.2, 0.25) is 0 Å². The second-order valence-electron chi connectivity index (χ2n) is 4.87. The zero-order valence-corrected chi connectivity index (χ0v) is 13.1. The first kappa shape index (κ1) is 15.4. The zero-order chi connectivity index (χ0) is 15.2. The molecule has 0 atom stereocenters. The van der Waals surface area contributed by atoms with E-state index in [0.717, 1.165) is 17.9 Å². The molecule has 0 radical (unpaired) electrons. The van der Waals surface area contributed by atoms with E-state index in [2.05, 4.69) is 29.9 Å². The Morgan fingerprint density at radius 2 is 1.62 bits per heavy atom. The van der Waals surface area contributed by atoms with E-state index in [1.165, 1.54) is 22.9 Å². The van der Waals surface area contributed by atoms with Gasteiger partial charge in [0, 0.05) is 11.8 Å². The van der Waals surface area contributed by atoms with E-state index in [4.69, 9.17) is 16.2 Å². The van der Waals surface area contributed by atoms with Crippen molar-refractivity contribution in [3.05, 3.63) is 35.4 Å². The quantitative estimate of drug-likeness (QED) is 0.485. The minimum absolute atomic E-state index is 0.400. The summed E-state index contributed by atoms with van der Waals surface area (Å²) < 4.78 is 5.75. The van der Waals surface area contributed by atoms with Crippen molar-refractivity contribution in [1.29, 1.82) is 0 Å². The number of thioether (sulfide) groups is 1. The van der Waals surface area contributed by atoms with E-state index in [-0.39, 0.29) is 0 Å². The summed E-state index contributed by atoms with van der Waals surface area (Å²) in [4.78, 5) is 8.24. The van der Waals surface area contributed by atoms with Gasteiger partial charge in [0.25, 0.3) is 0 Å². The van der Waals surface area contributed by atoms with Crippen LogP contribution in [-0.4, -0.2) is 22.3 Å². The summed E-state index contributed by atoms with van der Waals surface area (Å²) in [5.41, 5.74) is 13.7. The fourth-order valence-corrected chi connectivity index (χ4v) is 2.74. The normalized spacial score (nSPS) is 10.6. The number of aryl methyl sites for hydroxylation is 2. The Bertz CT molecular complexity index is 525. The molecule has 1 aromatic heterocycles. The second kappa shape index (κ2) is 7.17. The molecule has 0 aliphatic rings. The van der Waals surface area contributed by atoms with Crippen LogP contribution < -0.4 is 16.2 Å². The van der Waals surface area contributed by atoms with Crippen LogP contribution in [-0.2, 0) is 0 Å². The minimum atomic E-state index is 0.400. The van der Waals surface area contributed by atoms with Crippen LogP contribution in [0.3, 0.4) is 0 Å². The predicted molar refractivity (Wildman–Crippen MR) is 87.6 cm³/mol. The van der Waals surface area contributed by atoms with Crippen LogP contribution in [0.4, 0.5) is 11.6 Å². The van der Waals surface area contributed by atoms with Gasteiger partial charge < -0.3 is 16.2 Å². The molecule has 0 fully saturated rings. The number of nitrogens with zero attached hydrogens (tertiary/aromatic N) is 2. The van der Waals surface area contributed by atoms with Crippen LogP contribution >= 0.6 is 11.8 Å². The van der Waals surface area contributed by atoms with Gasteiger partial charge in [-0.15, -0.1) is 0 Å². The molecule has 0 unspecified atom stereocenters. The summed E-state index contributed by atoms with van der Waals surface area (Å²) in [6, 6.07) is 7.77. The molecule has 5 nitrogen and oxygen atoms in total. The molecule has 0 spiro atoms. The van der Waals surface area contributed by atoms with Gasteiger partial charge in [0.05, 0.1) is 6.61 Å². The Morgan fingerprint density at radius 1 is 1.00 bits per heavy atom. The van der Waals surface area contributed by atoms with E-state index >= 15 is 0 Å². The zero-order valence-electron chi connectivity index (χ0n) is 12.3. The smallest absolute Gasteiger partial charge is 0.191 e. The molecule has 0 saturated carbocycles. The Balaban J connectivity index is 1.74. The minimum Gasteiger partial charge on any atom is -0.494 e. The topological polar surface area (TPSA) is 87.0 Å². The van der Waals surface area contributed by atoms with Gasteiger partial charge in [-0.05, 0) is 43.5 Å². The molecule has 21 heavy (non-hydrogen) atoms. The first-order valence-electron chi connectivity index (χ1n) is 6.77. The molecule has 6 heteroatoms. The number of hydrogen-bond acceptors (Lipinski definition) is 6. The third-order valence-electron chi connectivity index (χ3n) is 2.73. The molecule has 2 aromatic rings. The van der Waals surface area contributed by atoms with Crippen molar-refractivity contribution < 1.29 is 4.74 Å². The van der Waals surface area contributed by atoms with Gasteiger partial charge in [-0.25, -0.2) is 9.97 Å². The van der Waals surface area contributed by atoms with Gasteiger partial charge in [-0.3, -0.25) is 0 Å². The van der Waals surface area contributed by atoms with Crippen LogP contribution in [0, 0.1) is 13.8 Å². The Morgan fingerprint density at radius 3 is 2.24 bits per heavy atom. The molecule has 1 heterocycles. The highest BCUT2D eigenvalue weighted by Crippen LogP contribution is 2.19. The molecule has 0 aliphatic carbocycles. The number of nitrogens with two attached hydrogens (primary N) is 2. The van der Waals surface area contributed by atoms with Crippen LogP contribution in [0.5, 0.6) is 5.75 Å². The number of anilines is 2. The highest BCUT2D eigenvalue weighted by atomic mass is 32.2. The van der Waals surface area contributed by atoms with Crippen LogP contribution in [0.1, 0.15) is 17.5 Å². The van der Waals surface area contributed by atoms with Gasteiger partial charge in [-0.1, -0.05) is 17.8 Å². The lowest BCUT2D eigenvalue weighted by Gasteiger charge is -2.08. The first-order valence-corrected chi connectivity index (χ1v) is 7.75. The van der Waals surface area contributed by atoms with E-state index in [1.807, 2.05) is 12.1 Å². The largest absolute Gasteiger partial charge is 0.494 e. The lowest BCUT2D eigenvalue weighted by Crippen LogP contribution is -2.02. The number of rotatable bonds is 6. The van der Waals surface area contributed by atoms with Crippen LogP contribution in [0.15, 0.2) is 29.4 Å². The molecule has 112 valence electrons. The van der Waals surface area contributed by atoms with Crippen molar-refractivity contribution in [2.45, 2.75) is 25.4 Å². The molecule has 1 aromatic carbocycles. The van der Waals surface area contributed by atoms with Gasteiger partial charge in [0.2, 0.25) is 0 Å². The number of ether oxygens (including phenoxy) is 1. The second-order valence-corrected chi connectivity index (χ2v) is 5.94. The van der Waals surface area contributed by atoms with Crippen molar-refractivity contribution in [3.63, 3.8) is 0 Å². The maximum atomic E-state index is 5.75. The maximum absolute atomic E-state index is 5.75. The van der Waals surface area contributed by atoms with E-state index in [1.54, 1.807) is 6.07 Å². The summed E-state index contributed by atoms with van der Waals surface area (Å²) in [5, 5.41) is 0.610. The fraction of sp³-hybridized carbons (Fsp3) is 0.333. The highest BCUT2D eigenvalue weighted by Gasteiger charge is 2.02. The number of aromatic nitrogens is 2. The van der Waals surface area contributed by atoms with Gasteiger partial charge in [-0.2, -0.15) is 0 Å². The highest BCUT2D eigenvalue weighted by molar-refractivity contribution is 7.99. The summed E-state index contributed by atoms with van der Waals surface area (Å²) in [6.45, 7) is 4.79. The molecule has 2 rings (SSSR count). The van der Waals surface area contributed by atoms with E-state index in [0.29, 0.717) is 23.4 Å². The Kier molecular flexibility index (Phi) is 5.27. The fourth-order valence-electron chi connectivity index (χ4n) is 1.96. The third kappa shape index (κ3) is 5.15. The Hall–Kier alpha value is -1.95. The lowest BCUT2D eigenvalue weighted by molar-refractivity contribution is 0.318. The molecule has 0 bridgehead atoms. The predicted octanol–water partition coefficient (Wildman–Crippen LogP) is 2.82. The summed E-state index contributed by atoms with van der Waals surface area (Å²) >= 11 is 1.53. The molecule has 0 amide bonds. The van der Waals surface area contributed by atoms with E-state index in [9.17, 15) is 0 Å². The monoisotopic (exact) mass is 304 g/mol. The van der Waals surface area contributed by atoms with Gasteiger partial charge in [0.15, 0.2) is 5.16 Å². The van der Waals surface area contributed by atoms with Crippen molar-refractivity contribution in [1.82, 2.24) is 9.97 Å². The van der Waals surface area contributed by atoms with Crippen LogP contribution in [0.25, 0.3) is 0 Å².